The van der Waals surface area contributed by atoms with E-state index in [0.717, 1.165) is 23.4 Å². The fourth-order valence-corrected chi connectivity index (χ4v) is 4.64. The normalized spacial score (nSPS) is 12.1. The van der Waals surface area contributed by atoms with E-state index in [1.165, 1.54) is 18.1 Å². The minimum Gasteiger partial charge on any atom is -0.497 e. The summed E-state index contributed by atoms with van der Waals surface area (Å²) < 4.78 is 31.4. The number of benzene rings is 2. The monoisotopic (exact) mass is 543 g/mol. The Kier molecular flexibility index (Phi) is 10.7. The minimum absolute atomic E-state index is 0.00703. The number of carbonyl (C=O) groups excluding carboxylic acids is 2. The predicted octanol–water partition coefficient (Wildman–Crippen LogP) is 4.10. The largest absolute Gasteiger partial charge is 0.497 e. The van der Waals surface area contributed by atoms with Gasteiger partial charge in [-0.3, -0.25) is 13.9 Å². The number of hydrogen-bond acceptors (Lipinski definition) is 5. The third kappa shape index (κ3) is 8.30. The molecule has 11 heteroatoms. The van der Waals surface area contributed by atoms with Gasteiger partial charge in [0.2, 0.25) is 21.8 Å². The van der Waals surface area contributed by atoms with Crippen LogP contribution < -0.4 is 14.4 Å². The number of rotatable bonds is 12. The quantitative estimate of drug-likeness (QED) is 0.406. The lowest BCUT2D eigenvalue weighted by molar-refractivity contribution is -0.139. The van der Waals surface area contributed by atoms with Crippen molar-refractivity contribution in [3.63, 3.8) is 0 Å². The van der Waals surface area contributed by atoms with Crippen LogP contribution in [0.4, 0.5) is 5.69 Å². The number of halogens is 2. The highest BCUT2D eigenvalue weighted by Crippen LogP contribution is 2.25. The molecule has 0 aliphatic heterocycles. The number of methoxy groups -OCH3 is 1. The third-order valence-corrected chi connectivity index (χ3v) is 7.10. The Bertz CT molecular complexity index is 1140. The number of sulfonamides is 1. The molecule has 0 saturated carbocycles. The summed E-state index contributed by atoms with van der Waals surface area (Å²) in [5, 5.41) is 3.59. The van der Waals surface area contributed by atoms with E-state index in [2.05, 4.69) is 5.32 Å². The summed E-state index contributed by atoms with van der Waals surface area (Å²) in [7, 11) is -2.37. The number of nitrogens with one attached hydrogen (secondary N) is 1. The summed E-state index contributed by atoms with van der Waals surface area (Å²) in [5.74, 6) is -0.469. The fourth-order valence-electron chi connectivity index (χ4n) is 3.33. The van der Waals surface area contributed by atoms with Crippen LogP contribution in [-0.2, 0) is 26.2 Å². The molecule has 1 atom stereocenters. The van der Waals surface area contributed by atoms with E-state index in [9.17, 15) is 18.0 Å². The molecule has 0 aromatic heterocycles. The number of ether oxygens (including phenoxy) is 1. The molecule has 0 aliphatic carbocycles. The van der Waals surface area contributed by atoms with Gasteiger partial charge in [-0.15, -0.1) is 0 Å². The first-order valence-corrected chi connectivity index (χ1v) is 13.7. The third-order valence-electron chi connectivity index (χ3n) is 5.37. The van der Waals surface area contributed by atoms with E-state index in [1.807, 2.05) is 6.92 Å². The number of carbonyl (C=O) groups is 2. The zero-order chi connectivity index (χ0) is 26.2. The highest BCUT2D eigenvalue weighted by atomic mass is 35.5. The number of hydrogen-bond donors (Lipinski definition) is 1. The van der Waals surface area contributed by atoms with E-state index in [0.29, 0.717) is 27.9 Å². The van der Waals surface area contributed by atoms with Crippen LogP contribution in [0.5, 0.6) is 5.75 Å². The van der Waals surface area contributed by atoms with Crippen molar-refractivity contribution in [2.45, 2.75) is 39.3 Å². The standard InChI is InChI=1S/C24H31Cl2N3O5S/c1-5-6-12-27-24(31)17(2)28(15-18-10-11-19(25)13-22(18)26)23(30)16-29(35(4,32)33)20-8-7-9-21(14-20)34-3/h7-11,13-14,17H,5-6,12,15-16H2,1-4H3,(H,27,31)/t17-/m0/s1. The van der Waals surface area contributed by atoms with Gasteiger partial charge in [-0.1, -0.05) is 48.7 Å². The SMILES string of the molecule is CCCCNC(=O)[C@H](C)N(Cc1ccc(Cl)cc1Cl)C(=O)CN(c1cccc(OC)c1)S(C)(=O)=O. The smallest absolute Gasteiger partial charge is 0.244 e. The van der Waals surface area contributed by atoms with Gasteiger partial charge < -0.3 is 15.0 Å². The summed E-state index contributed by atoms with van der Waals surface area (Å²) >= 11 is 12.3. The van der Waals surface area contributed by atoms with Gasteiger partial charge in [-0.05, 0) is 43.2 Å². The Hall–Kier alpha value is -2.49. The van der Waals surface area contributed by atoms with Gasteiger partial charge in [-0.25, -0.2) is 8.42 Å². The lowest BCUT2D eigenvalue weighted by atomic mass is 10.1. The molecule has 192 valence electrons. The van der Waals surface area contributed by atoms with Gasteiger partial charge in [-0.2, -0.15) is 0 Å². The molecule has 0 fully saturated rings. The van der Waals surface area contributed by atoms with Crippen LogP contribution >= 0.6 is 23.2 Å². The van der Waals surface area contributed by atoms with Crippen molar-refractivity contribution < 1.29 is 22.7 Å². The van der Waals surface area contributed by atoms with Crippen LogP contribution in [0.1, 0.15) is 32.3 Å². The topological polar surface area (TPSA) is 96.0 Å². The average Bonchev–Trinajstić information content (AvgIpc) is 2.80. The molecule has 0 aliphatic rings. The van der Waals surface area contributed by atoms with E-state index in [4.69, 9.17) is 27.9 Å². The first-order valence-electron chi connectivity index (χ1n) is 11.1. The zero-order valence-corrected chi connectivity index (χ0v) is 22.6. The number of amides is 2. The summed E-state index contributed by atoms with van der Waals surface area (Å²) in [6.07, 6.45) is 2.72. The van der Waals surface area contributed by atoms with Crippen LogP contribution in [0, 0.1) is 0 Å². The second kappa shape index (κ2) is 13.0. The zero-order valence-electron chi connectivity index (χ0n) is 20.3. The summed E-state index contributed by atoms with van der Waals surface area (Å²) in [5.41, 5.74) is 0.842. The molecule has 0 heterocycles. The first-order chi connectivity index (χ1) is 16.5. The van der Waals surface area contributed by atoms with Crippen molar-refractivity contribution in [3.05, 3.63) is 58.1 Å². The maximum absolute atomic E-state index is 13.5. The average molecular weight is 545 g/mol. The van der Waals surface area contributed by atoms with Crippen molar-refractivity contribution in [1.82, 2.24) is 10.2 Å². The van der Waals surface area contributed by atoms with Gasteiger partial charge in [0, 0.05) is 29.2 Å². The molecule has 0 unspecified atom stereocenters. The molecule has 2 aromatic rings. The highest BCUT2D eigenvalue weighted by molar-refractivity contribution is 7.92. The molecular weight excluding hydrogens is 513 g/mol. The van der Waals surface area contributed by atoms with Crippen molar-refractivity contribution >= 4 is 50.7 Å². The molecule has 2 aromatic carbocycles. The highest BCUT2D eigenvalue weighted by Gasteiger charge is 2.30. The lowest BCUT2D eigenvalue weighted by Crippen LogP contribution is -2.51. The van der Waals surface area contributed by atoms with Crippen LogP contribution in [-0.4, -0.2) is 57.6 Å². The number of unbranched alkanes of at least 4 members (excludes halogenated alkanes) is 1. The van der Waals surface area contributed by atoms with Crippen molar-refractivity contribution in [3.8, 4) is 5.75 Å². The fraction of sp³-hybridized carbons (Fsp3) is 0.417. The molecule has 0 radical (unpaired) electrons. The molecule has 0 bridgehead atoms. The van der Waals surface area contributed by atoms with Crippen molar-refractivity contribution in [2.75, 3.05) is 30.8 Å². The molecule has 8 nitrogen and oxygen atoms in total. The molecule has 0 saturated heterocycles. The first kappa shape index (κ1) is 28.7. The Balaban J connectivity index is 2.40. The van der Waals surface area contributed by atoms with Crippen LogP contribution in [0.15, 0.2) is 42.5 Å². The van der Waals surface area contributed by atoms with Gasteiger partial charge in [0.15, 0.2) is 0 Å². The molecule has 35 heavy (non-hydrogen) atoms. The van der Waals surface area contributed by atoms with E-state index < -0.39 is 28.5 Å². The lowest BCUT2D eigenvalue weighted by Gasteiger charge is -2.31. The van der Waals surface area contributed by atoms with Crippen molar-refractivity contribution in [1.29, 1.82) is 0 Å². The molecule has 2 rings (SSSR count). The van der Waals surface area contributed by atoms with E-state index >= 15 is 0 Å². The second-order valence-corrected chi connectivity index (χ2v) is 10.8. The molecular formula is C24H31Cl2N3O5S. The second-order valence-electron chi connectivity index (χ2n) is 8.05. The van der Waals surface area contributed by atoms with Gasteiger partial charge >= 0.3 is 0 Å². The Morgan fingerprint density at radius 1 is 1.14 bits per heavy atom. The van der Waals surface area contributed by atoms with Crippen LogP contribution in [0.3, 0.4) is 0 Å². The maximum Gasteiger partial charge on any atom is 0.244 e. The van der Waals surface area contributed by atoms with Crippen molar-refractivity contribution in [2.24, 2.45) is 0 Å². The van der Waals surface area contributed by atoms with Gasteiger partial charge in [0.1, 0.15) is 18.3 Å². The summed E-state index contributed by atoms with van der Waals surface area (Å²) in [6, 6.07) is 10.4. The van der Waals surface area contributed by atoms with E-state index in [-0.39, 0.29) is 18.1 Å². The van der Waals surface area contributed by atoms with E-state index in [1.54, 1.807) is 43.3 Å². The molecule has 1 N–H and O–H groups in total. The van der Waals surface area contributed by atoms with Crippen LogP contribution in [0.25, 0.3) is 0 Å². The van der Waals surface area contributed by atoms with Gasteiger partial charge in [0.25, 0.3) is 0 Å². The van der Waals surface area contributed by atoms with Crippen LogP contribution in [0.2, 0.25) is 10.0 Å². The minimum atomic E-state index is -3.84. The maximum atomic E-state index is 13.5. The number of nitrogens with zero attached hydrogens (tertiary/aromatic N) is 2. The summed E-state index contributed by atoms with van der Waals surface area (Å²) in [6.45, 7) is 3.56. The van der Waals surface area contributed by atoms with Gasteiger partial charge in [0.05, 0.1) is 19.1 Å². The Morgan fingerprint density at radius 3 is 2.46 bits per heavy atom. The summed E-state index contributed by atoms with van der Waals surface area (Å²) in [4.78, 5) is 27.7. The number of anilines is 1. The molecule has 2 amide bonds. The predicted molar refractivity (Wildman–Crippen MR) is 140 cm³/mol. The Labute approximate surface area is 217 Å². The molecule has 0 spiro atoms. The Morgan fingerprint density at radius 2 is 1.86 bits per heavy atom.